The van der Waals surface area contributed by atoms with E-state index in [0.29, 0.717) is 0 Å². The second-order valence-corrected chi connectivity index (χ2v) is 7.30. The van der Waals surface area contributed by atoms with Gasteiger partial charge >= 0.3 is 0 Å². The summed E-state index contributed by atoms with van der Waals surface area (Å²) in [6, 6.07) is 8.09. The van der Waals surface area contributed by atoms with Crippen LogP contribution in [0.15, 0.2) is 30.5 Å². The Bertz CT molecular complexity index is 703. The van der Waals surface area contributed by atoms with E-state index in [1.54, 1.807) is 11.3 Å². The number of hydrogen-bond donors (Lipinski definition) is 2. The molecule has 3 aromatic rings. The molecule has 0 bridgehead atoms. The summed E-state index contributed by atoms with van der Waals surface area (Å²) in [4.78, 5) is 13.6. The molecule has 21 heavy (non-hydrogen) atoms. The van der Waals surface area contributed by atoms with E-state index in [1.807, 2.05) is 30.5 Å². The van der Waals surface area contributed by atoms with Crippen LogP contribution in [0.25, 0.3) is 11.0 Å². The first-order valence-electron chi connectivity index (χ1n) is 7.12. The predicted molar refractivity (Wildman–Crippen MR) is 87.5 cm³/mol. The molecule has 0 aliphatic rings. The van der Waals surface area contributed by atoms with Crippen LogP contribution in [0.3, 0.4) is 0 Å². The Morgan fingerprint density at radius 3 is 2.71 bits per heavy atom. The van der Waals surface area contributed by atoms with Crippen molar-refractivity contribution in [3.05, 3.63) is 46.2 Å². The van der Waals surface area contributed by atoms with E-state index in [2.05, 4.69) is 41.0 Å². The molecule has 0 aliphatic carbocycles. The quantitative estimate of drug-likeness (QED) is 0.774. The summed E-state index contributed by atoms with van der Waals surface area (Å²) in [5.41, 5.74) is 2.23. The molecule has 5 heteroatoms. The van der Waals surface area contributed by atoms with Crippen molar-refractivity contribution in [2.24, 2.45) is 0 Å². The Hall–Kier alpha value is -1.72. The minimum absolute atomic E-state index is 0.127. The van der Waals surface area contributed by atoms with E-state index in [0.717, 1.165) is 29.9 Å². The summed E-state index contributed by atoms with van der Waals surface area (Å²) >= 11 is 1.78. The number of benzene rings is 1. The van der Waals surface area contributed by atoms with Gasteiger partial charge in [0, 0.05) is 23.0 Å². The largest absolute Gasteiger partial charge is 0.341 e. The molecule has 1 aromatic carbocycles. The van der Waals surface area contributed by atoms with Gasteiger partial charge in [0.1, 0.15) is 5.82 Å². The molecule has 2 N–H and O–H groups in total. The van der Waals surface area contributed by atoms with Crippen molar-refractivity contribution in [1.82, 2.24) is 20.3 Å². The molecule has 4 nitrogen and oxygen atoms in total. The van der Waals surface area contributed by atoms with Crippen molar-refractivity contribution < 1.29 is 0 Å². The zero-order valence-electron chi connectivity index (χ0n) is 12.6. The summed E-state index contributed by atoms with van der Waals surface area (Å²) in [6.45, 7) is 8.13. The monoisotopic (exact) mass is 300 g/mol. The van der Waals surface area contributed by atoms with Crippen LogP contribution in [-0.2, 0) is 18.5 Å². The van der Waals surface area contributed by atoms with Crippen molar-refractivity contribution in [1.29, 1.82) is 0 Å². The van der Waals surface area contributed by atoms with Crippen LogP contribution in [-0.4, -0.2) is 15.0 Å². The average Bonchev–Trinajstić information content (AvgIpc) is 3.03. The number of rotatable bonds is 4. The number of thiazole rings is 1. The molecule has 0 fully saturated rings. The Balaban J connectivity index is 1.59. The highest BCUT2D eigenvalue weighted by Crippen LogP contribution is 2.26. The molecule has 0 atom stereocenters. The normalized spacial score (nSPS) is 12.1. The van der Waals surface area contributed by atoms with E-state index in [-0.39, 0.29) is 5.41 Å². The smallest absolute Gasteiger partial charge is 0.121 e. The van der Waals surface area contributed by atoms with Crippen molar-refractivity contribution in [2.75, 3.05) is 0 Å². The number of aromatic nitrogens is 3. The Morgan fingerprint density at radius 2 is 2.00 bits per heavy atom. The molecule has 2 heterocycles. The van der Waals surface area contributed by atoms with Crippen LogP contribution in [0.1, 0.15) is 36.5 Å². The van der Waals surface area contributed by atoms with Crippen molar-refractivity contribution >= 4 is 22.4 Å². The molecule has 0 saturated carbocycles. The molecule has 0 radical (unpaired) electrons. The highest BCUT2D eigenvalue weighted by molar-refractivity contribution is 7.11. The van der Waals surface area contributed by atoms with Gasteiger partial charge in [-0.25, -0.2) is 9.97 Å². The number of aromatic amines is 1. The van der Waals surface area contributed by atoms with Crippen LogP contribution < -0.4 is 5.32 Å². The van der Waals surface area contributed by atoms with Crippen molar-refractivity contribution in [3.63, 3.8) is 0 Å². The fourth-order valence-corrected chi connectivity index (χ4v) is 3.07. The Morgan fingerprint density at radius 1 is 1.19 bits per heavy atom. The van der Waals surface area contributed by atoms with Crippen LogP contribution in [0, 0.1) is 0 Å². The molecule has 3 rings (SSSR count). The highest BCUT2D eigenvalue weighted by Gasteiger charge is 2.17. The van der Waals surface area contributed by atoms with Gasteiger partial charge in [-0.05, 0) is 12.1 Å². The van der Waals surface area contributed by atoms with Gasteiger partial charge in [-0.1, -0.05) is 32.9 Å². The van der Waals surface area contributed by atoms with Crippen molar-refractivity contribution in [2.45, 2.75) is 39.3 Å². The minimum Gasteiger partial charge on any atom is -0.341 e. The van der Waals surface area contributed by atoms with Gasteiger partial charge in [0.05, 0.1) is 22.6 Å². The van der Waals surface area contributed by atoms with E-state index in [9.17, 15) is 0 Å². The average molecular weight is 300 g/mol. The summed E-state index contributed by atoms with van der Waals surface area (Å²) in [5, 5.41) is 4.60. The lowest BCUT2D eigenvalue weighted by Crippen LogP contribution is -2.12. The van der Waals surface area contributed by atoms with Gasteiger partial charge in [-0.2, -0.15) is 0 Å². The number of fused-ring (bicyclic) bond motifs is 1. The second kappa shape index (κ2) is 5.58. The summed E-state index contributed by atoms with van der Waals surface area (Å²) in [6.07, 6.45) is 1.97. The molecule has 0 amide bonds. The summed E-state index contributed by atoms with van der Waals surface area (Å²) in [5.74, 6) is 0.969. The summed E-state index contributed by atoms with van der Waals surface area (Å²) < 4.78 is 0. The molecule has 110 valence electrons. The number of hydrogen-bond acceptors (Lipinski definition) is 4. The highest BCUT2D eigenvalue weighted by atomic mass is 32.1. The van der Waals surface area contributed by atoms with Gasteiger partial charge in [-0.3, -0.25) is 0 Å². The zero-order chi connectivity index (χ0) is 14.9. The molecule has 0 saturated heterocycles. The first kappa shape index (κ1) is 14.2. The third-order valence-electron chi connectivity index (χ3n) is 3.23. The van der Waals surface area contributed by atoms with Crippen LogP contribution in [0.2, 0.25) is 0 Å². The maximum absolute atomic E-state index is 4.56. The van der Waals surface area contributed by atoms with Gasteiger partial charge in [0.25, 0.3) is 0 Å². The van der Waals surface area contributed by atoms with E-state index >= 15 is 0 Å². The first-order valence-corrected chi connectivity index (χ1v) is 7.93. The number of H-pyrrole nitrogens is 1. The van der Waals surface area contributed by atoms with E-state index < -0.39 is 0 Å². The maximum Gasteiger partial charge on any atom is 0.121 e. The van der Waals surface area contributed by atoms with Crippen LogP contribution in [0.4, 0.5) is 0 Å². The molecule has 2 aromatic heterocycles. The zero-order valence-corrected chi connectivity index (χ0v) is 13.4. The van der Waals surface area contributed by atoms with Gasteiger partial charge in [-0.15, -0.1) is 11.3 Å². The third-order valence-corrected chi connectivity index (χ3v) is 4.65. The Labute approximate surface area is 128 Å². The number of imidazole rings is 1. The fourth-order valence-electron chi connectivity index (χ4n) is 2.13. The van der Waals surface area contributed by atoms with Crippen molar-refractivity contribution in [3.8, 4) is 0 Å². The van der Waals surface area contributed by atoms with Gasteiger partial charge < -0.3 is 10.3 Å². The Kier molecular flexibility index (Phi) is 3.78. The first-order chi connectivity index (χ1) is 10.0. The standard InChI is InChI=1S/C16H20N4S/c1-16(2,3)15-18-9-11(21-15)8-17-10-14-19-12-6-4-5-7-13(12)20-14/h4-7,9,17H,8,10H2,1-3H3,(H,19,20). The number of nitrogens with zero attached hydrogens (tertiary/aromatic N) is 2. The van der Waals surface area contributed by atoms with Gasteiger partial charge in [0.2, 0.25) is 0 Å². The lowest BCUT2D eigenvalue weighted by atomic mass is 9.98. The SMILES string of the molecule is CC(C)(C)c1ncc(CNCc2nc3ccccc3[nH]2)s1. The lowest BCUT2D eigenvalue weighted by Gasteiger charge is -2.13. The minimum atomic E-state index is 0.127. The van der Waals surface area contributed by atoms with E-state index in [4.69, 9.17) is 0 Å². The molecule has 0 unspecified atom stereocenters. The summed E-state index contributed by atoms with van der Waals surface area (Å²) in [7, 11) is 0. The maximum atomic E-state index is 4.56. The van der Waals surface area contributed by atoms with E-state index in [1.165, 1.54) is 9.88 Å². The van der Waals surface area contributed by atoms with Crippen LogP contribution in [0.5, 0.6) is 0 Å². The molecular formula is C16H20N4S. The van der Waals surface area contributed by atoms with Crippen LogP contribution >= 0.6 is 11.3 Å². The molecular weight excluding hydrogens is 280 g/mol. The number of nitrogens with one attached hydrogen (secondary N) is 2. The topological polar surface area (TPSA) is 53.6 Å². The number of para-hydroxylation sites is 2. The predicted octanol–water partition coefficient (Wildman–Crippen LogP) is 3.61. The molecule has 0 aliphatic heterocycles. The van der Waals surface area contributed by atoms with Gasteiger partial charge in [0.15, 0.2) is 0 Å². The fraction of sp³-hybridized carbons (Fsp3) is 0.375. The lowest BCUT2D eigenvalue weighted by molar-refractivity contribution is 0.585. The second-order valence-electron chi connectivity index (χ2n) is 6.19. The molecule has 0 spiro atoms. The third kappa shape index (κ3) is 3.31.